The number of allylic oxidation sites excluding steroid dienone is 1. The Hall–Kier alpha value is -3.01. The Labute approximate surface area is 205 Å². The zero-order valence-corrected chi connectivity index (χ0v) is 20.1. The Morgan fingerprint density at radius 3 is 2.80 bits per heavy atom. The van der Waals surface area contributed by atoms with Crippen LogP contribution in [0, 0.1) is 6.92 Å². The highest BCUT2D eigenvalue weighted by atomic mass is 32.2. The first-order chi connectivity index (χ1) is 16.8. The van der Waals surface area contributed by atoms with Gasteiger partial charge in [-0.25, -0.2) is 9.97 Å². The summed E-state index contributed by atoms with van der Waals surface area (Å²) in [5, 5.41) is 5.86. The van der Waals surface area contributed by atoms with Crippen LogP contribution < -0.4 is 10.6 Å². The SMILES string of the molecule is Cc1cc(-c2cnc3c(NCCC(F)(F)F)nc(C4=CCSCC4)cn23)ccc1C(=O)NC1CC1. The molecule has 0 unspecified atom stereocenters. The van der Waals surface area contributed by atoms with Crippen molar-refractivity contribution in [3.63, 3.8) is 0 Å². The Morgan fingerprint density at radius 1 is 1.29 bits per heavy atom. The van der Waals surface area contributed by atoms with E-state index in [0.717, 1.165) is 58.9 Å². The molecule has 0 bridgehead atoms. The van der Waals surface area contributed by atoms with E-state index in [0.29, 0.717) is 17.0 Å². The third-order valence-corrected chi connectivity index (χ3v) is 7.06. The van der Waals surface area contributed by atoms with E-state index in [9.17, 15) is 18.0 Å². The lowest BCUT2D eigenvalue weighted by Gasteiger charge is -2.16. The van der Waals surface area contributed by atoms with Crippen molar-refractivity contribution < 1.29 is 18.0 Å². The molecule has 5 rings (SSSR count). The van der Waals surface area contributed by atoms with E-state index in [-0.39, 0.29) is 18.5 Å². The predicted molar refractivity (Wildman–Crippen MR) is 133 cm³/mol. The molecule has 0 saturated heterocycles. The maximum atomic E-state index is 12.7. The molecular formula is C25H26F3N5OS. The molecule has 184 valence electrons. The third kappa shape index (κ3) is 5.47. The van der Waals surface area contributed by atoms with Gasteiger partial charge in [-0.3, -0.25) is 9.20 Å². The van der Waals surface area contributed by atoms with Gasteiger partial charge in [-0.05, 0) is 55.2 Å². The summed E-state index contributed by atoms with van der Waals surface area (Å²) in [6, 6.07) is 5.92. The van der Waals surface area contributed by atoms with E-state index < -0.39 is 12.6 Å². The predicted octanol–water partition coefficient (Wildman–Crippen LogP) is 5.48. The first-order valence-corrected chi connectivity index (χ1v) is 12.8. The van der Waals surface area contributed by atoms with Crippen molar-refractivity contribution in [1.29, 1.82) is 0 Å². The molecular weight excluding hydrogens is 475 g/mol. The zero-order valence-electron chi connectivity index (χ0n) is 19.3. The van der Waals surface area contributed by atoms with Crippen molar-refractivity contribution in [3.8, 4) is 11.3 Å². The molecule has 1 aliphatic heterocycles. The van der Waals surface area contributed by atoms with Gasteiger partial charge in [0.15, 0.2) is 11.5 Å². The van der Waals surface area contributed by atoms with E-state index in [1.807, 2.05) is 47.5 Å². The van der Waals surface area contributed by atoms with Crippen LogP contribution >= 0.6 is 11.8 Å². The highest BCUT2D eigenvalue weighted by Gasteiger charge is 2.27. The van der Waals surface area contributed by atoms with Gasteiger partial charge in [0, 0.05) is 35.7 Å². The average Bonchev–Trinajstić information content (AvgIpc) is 3.53. The van der Waals surface area contributed by atoms with Crippen LogP contribution in [0.25, 0.3) is 22.5 Å². The highest BCUT2D eigenvalue weighted by molar-refractivity contribution is 7.99. The molecule has 2 aliphatic rings. The number of thioether (sulfide) groups is 1. The van der Waals surface area contributed by atoms with E-state index in [4.69, 9.17) is 0 Å². The fraction of sp³-hybridized carbons (Fsp3) is 0.400. The molecule has 0 spiro atoms. The Balaban J connectivity index is 1.52. The van der Waals surface area contributed by atoms with Crippen LogP contribution in [0.5, 0.6) is 0 Å². The number of aromatic nitrogens is 3. The summed E-state index contributed by atoms with van der Waals surface area (Å²) < 4.78 is 40.1. The number of imidazole rings is 1. The number of anilines is 1. The number of fused-ring (bicyclic) bond motifs is 1. The fourth-order valence-electron chi connectivity index (χ4n) is 4.13. The van der Waals surface area contributed by atoms with Gasteiger partial charge in [-0.15, -0.1) is 0 Å². The van der Waals surface area contributed by atoms with Crippen LogP contribution in [0.4, 0.5) is 19.0 Å². The molecule has 2 aromatic heterocycles. The van der Waals surface area contributed by atoms with Gasteiger partial charge in [0.2, 0.25) is 0 Å². The van der Waals surface area contributed by atoms with Crippen LogP contribution in [0.3, 0.4) is 0 Å². The summed E-state index contributed by atoms with van der Waals surface area (Å²) in [6.45, 7) is 1.62. The molecule has 35 heavy (non-hydrogen) atoms. The molecule has 1 aliphatic carbocycles. The number of alkyl halides is 3. The second-order valence-corrected chi connectivity index (χ2v) is 10.1. The monoisotopic (exact) mass is 501 g/mol. The summed E-state index contributed by atoms with van der Waals surface area (Å²) >= 11 is 1.84. The second kappa shape index (κ2) is 9.56. The third-order valence-electron chi connectivity index (χ3n) is 6.16. The number of carbonyl (C=O) groups is 1. The maximum Gasteiger partial charge on any atom is 0.390 e. The molecule has 0 radical (unpaired) electrons. The van der Waals surface area contributed by atoms with Gasteiger partial charge >= 0.3 is 6.18 Å². The van der Waals surface area contributed by atoms with Gasteiger partial charge in [0.1, 0.15) is 0 Å². The molecule has 1 amide bonds. The first-order valence-electron chi connectivity index (χ1n) is 11.7. The molecule has 6 nitrogen and oxygen atoms in total. The summed E-state index contributed by atoms with van der Waals surface area (Å²) in [6.07, 6.45) is 3.40. The number of carbonyl (C=O) groups excluding carboxylic acids is 1. The normalized spacial score (nSPS) is 16.3. The van der Waals surface area contributed by atoms with Crippen molar-refractivity contribution in [3.05, 3.63) is 53.5 Å². The summed E-state index contributed by atoms with van der Waals surface area (Å²) in [4.78, 5) is 21.7. The number of nitrogens with zero attached hydrogens (tertiary/aromatic N) is 3. The average molecular weight is 502 g/mol. The topological polar surface area (TPSA) is 71.3 Å². The molecule has 3 heterocycles. The number of amides is 1. The van der Waals surface area contributed by atoms with Crippen molar-refractivity contribution in [2.24, 2.45) is 0 Å². The number of hydrogen-bond acceptors (Lipinski definition) is 5. The van der Waals surface area contributed by atoms with E-state index in [2.05, 4.69) is 26.7 Å². The molecule has 3 aromatic rings. The molecule has 1 aromatic carbocycles. The van der Waals surface area contributed by atoms with Crippen LogP contribution in [0.15, 0.2) is 36.7 Å². The van der Waals surface area contributed by atoms with Gasteiger partial charge in [-0.2, -0.15) is 24.9 Å². The fourth-order valence-corrected chi connectivity index (χ4v) is 4.98. The van der Waals surface area contributed by atoms with Crippen LogP contribution in [-0.4, -0.2) is 50.5 Å². The van der Waals surface area contributed by atoms with Crippen molar-refractivity contribution in [2.45, 2.75) is 44.8 Å². The number of nitrogens with one attached hydrogen (secondary N) is 2. The minimum atomic E-state index is -4.25. The first kappa shape index (κ1) is 23.7. The molecule has 1 fully saturated rings. The standard InChI is InChI=1S/C25H26F3N5OS/c1-15-12-17(2-5-19(15)24(34)31-18-3-4-18)21-13-30-23-22(29-9-8-25(26,27)28)32-20(14-33(21)23)16-6-10-35-11-7-16/h2,5-6,12-14,18H,3-4,7-11H2,1H3,(H,29,32)(H,31,34). The van der Waals surface area contributed by atoms with Crippen LogP contribution in [-0.2, 0) is 0 Å². The summed E-state index contributed by atoms with van der Waals surface area (Å²) in [5.41, 5.74) is 5.40. The minimum absolute atomic E-state index is 0.0700. The maximum absolute atomic E-state index is 12.7. The quantitative estimate of drug-likeness (QED) is 0.449. The smallest absolute Gasteiger partial charge is 0.367 e. The number of aryl methyl sites for hydroxylation is 1. The Kier molecular flexibility index (Phi) is 6.48. The van der Waals surface area contributed by atoms with E-state index >= 15 is 0 Å². The lowest BCUT2D eigenvalue weighted by Crippen LogP contribution is -2.26. The zero-order chi connectivity index (χ0) is 24.6. The number of benzene rings is 1. The lowest BCUT2D eigenvalue weighted by molar-refractivity contribution is -0.131. The van der Waals surface area contributed by atoms with Crippen LogP contribution in [0.2, 0.25) is 0 Å². The second-order valence-electron chi connectivity index (χ2n) is 8.94. The highest BCUT2D eigenvalue weighted by Crippen LogP contribution is 2.31. The van der Waals surface area contributed by atoms with E-state index in [1.165, 1.54) is 0 Å². The van der Waals surface area contributed by atoms with Crippen molar-refractivity contribution >= 4 is 34.7 Å². The Bertz CT molecular complexity index is 1300. The number of hydrogen-bond donors (Lipinski definition) is 2. The van der Waals surface area contributed by atoms with Gasteiger partial charge in [-0.1, -0.05) is 12.1 Å². The largest absolute Gasteiger partial charge is 0.390 e. The van der Waals surface area contributed by atoms with Gasteiger partial charge < -0.3 is 10.6 Å². The van der Waals surface area contributed by atoms with E-state index in [1.54, 1.807) is 6.20 Å². The minimum Gasteiger partial charge on any atom is -0.367 e. The summed E-state index contributed by atoms with van der Waals surface area (Å²) in [7, 11) is 0. The number of rotatable bonds is 7. The molecule has 0 atom stereocenters. The van der Waals surface area contributed by atoms with Gasteiger partial charge in [0.25, 0.3) is 5.91 Å². The van der Waals surface area contributed by atoms with Crippen molar-refractivity contribution in [1.82, 2.24) is 19.7 Å². The summed E-state index contributed by atoms with van der Waals surface area (Å²) in [5.74, 6) is 2.11. The van der Waals surface area contributed by atoms with Gasteiger partial charge in [0.05, 0.1) is 24.0 Å². The Morgan fingerprint density at radius 2 is 2.11 bits per heavy atom. The molecule has 1 saturated carbocycles. The number of halogens is 3. The van der Waals surface area contributed by atoms with Crippen LogP contribution in [0.1, 0.15) is 47.3 Å². The lowest BCUT2D eigenvalue weighted by atomic mass is 10.0. The van der Waals surface area contributed by atoms with Crippen molar-refractivity contribution in [2.75, 3.05) is 23.4 Å². The molecule has 2 N–H and O–H groups in total. The molecule has 10 heteroatoms.